The summed E-state index contributed by atoms with van der Waals surface area (Å²) in [6.45, 7) is 4.72. The minimum Gasteiger partial charge on any atom is -0.385 e. The predicted octanol–water partition coefficient (Wildman–Crippen LogP) is 4.40. The lowest BCUT2D eigenvalue weighted by molar-refractivity contribution is -0.911. The van der Waals surface area contributed by atoms with Gasteiger partial charge in [-0.15, -0.1) is 0 Å². The molecule has 1 aromatic heterocycles. The fourth-order valence-electron chi connectivity index (χ4n) is 5.57. The van der Waals surface area contributed by atoms with Crippen LogP contribution in [-0.4, -0.2) is 48.6 Å². The molecule has 1 saturated heterocycles. The molecule has 0 aliphatic carbocycles. The lowest BCUT2D eigenvalue weighted by atomic mass is 9.97. The molecule has 0 amide bonds. The zero-order valence-corrected chi connectivity index (χ0v) is 19.9. The van der Waals surface area contributed by atoms with Crippen LogP contribution in [0.4, 0.5) is 0 Å². The zero-order chi connectivity index (χ0) is 23.6. The number of hydrogen-bond donors (Lipinski definition) is 2. The van der Waals surface area contributed by atoms with E-state index in [2.05, 4.69) is 102 Å². The first-order valence-electron chi connectivity index (χ1n) is 12.5. The van der Waals surface area contributed by atoms with Gasteiger partial charge in [-0.05, 0) is 16.5 Å². The molecule has 5 aromatic rings. The highest BCUT2D eigenvalue weighted by Gasteiger charge is 2.25. The van der Waals surface area contributed by atoms with Crippen molar-refractivity contribution in [3.8, 4) is 22.4 Å². The van der Waals surface area contributed by atoms with E-state index in [0.717, 1.165) is 38.4 Å². The molecule has 0 unspecified atom stereocenters. The second kappa shape index (κ2) is 9.67. The third-order valence-electron chi connectivity index (χ3n) is 7.17. The number of aliphatic hydroxyl groups excluding tert-OH is 1. The number of ether oxygens (including phenoxy) is 1. The smallest absolute Gasteiger partial charge is 0.121 e. The minimum atomic E-state index is -0.455. The molecule has 0 bridgehead atoms. The van der Waals surface area contributed by atoms with Gasteiger partial charge in [-0.3, -0.25) is 0 Å². The van der Waals surface area contributed by atoms with Crippen molar-refractivity contribution >= 4 is 21.7 Å². The molecule has 1 atom stereocenters. The first-order valence-corrected chi connectivity index (χ1v) is 12.5. The number of aromatic nitrogens is 1. The van der Waals surface area contributed by atoms with Crippen LogP contribution < -0.4 is 4.90 Å². The topological polar surface area (TPSA) is 38.8 Å². The minimum absolute atomic E-state index is 0.455. The highest BCUT2D eigenvalue weighted by molar-refractivity contribution is 6.15. The molecule has 0 radical (unpaired) electrons. The molecule has 1 aliphatic heterocycles. The van der Waals surface area contributed by atoms with Gasteiger partial charge in [0.2, 0.25) is 0 Å². The quantitative estimate of drug-likeness (QED) is 0.392. The first-order chi connectivity index (χ1) is 17.3. The van der Waals surface area contributed by atoms with E-state index in [9.17, 15) is 5.11 Å². The lowest BCUT2D eigenvalue weighted by Crippen LogP contribution is -3.15. The second-order valence-electron chi connectivity index (χ2n) is 9.47. The highest BCUT2D eigenvalue weighted by Crippen LogP contribution is 2.43. The summed E-state index contributed by atoms with van der Waals surface area (Å²) in [6, 6.07) is 34.3. The van der Waals surface area contributed by atoms with Crippen LogP contribution in [0, 0.1) is 0 Å². The molecular weight excluding hydrogens is 432 g/mol. The Hall–Kier alpha value is -3.44. The van der Waals surface area contributed by atoms with Gasteiger partial charge in [0.25, 0.3) is 0 Å². The van der Waals surface area contributed by atoms with Gasteiger partial charge in [0, 0.05) is 16.3 Å². The number of rotatable bonds is 6. The van der Waals surface area contributed by atoms with Gasteiger partial charge in [-0.25, -0.2) is 0 Å². The van der Waals surface area contributed by atoms with Crippen LogP contribution in [0.5, 0.6) is 0 Å². The van der Waals surface area contributed by atoms with Crippen molar-refractivity contribution in [1.82, 2.24) is 4.57 Å². The van der Waals surface area contributed by atoms with Gasteiger partial charge in [0.15, 0.2) is 0 Å². The van der Waals surface area contributed by atoms with Crippen LogP contribution in [-0.2, 0) is 11.3 Å². The Balaban J connectivity index is 1.59. The number of morpholine rings is 1. The molecular formula is C31H31N2O2+. The SMILES string of the molecule is O[C@H](Cn1c(-c2ccccc2)c(-c2ccccc2)c2ccc3ccccc3c21)C[NH+]1CCOCC1. The summed E-state index contributed by atoms with van der Waals surface area (Å²) in [5.74, 6) is 0. The summed E-state index contributed by atoms with van der Waals surface area (Å²) in [7, 11) is 0. The Morgan fingerprint density at radius 1 is 0.743 bits per heavy atom. The molecule has 1 aliphatic rings. The highest BCUT2D eigenvalue weighted by atomic mass is 16.5. The summed E-state index contributed by atoms with van der Waals surface area (Å²) in [4.78, 5) is 1.41. The van der Waals surface area contributed by atoms with E-state index >= 15 is 0 Å². The molecule has 176 valence electrons. The number of benzene rings is 4. The van der Waals surface area contributed by atoms with Crippen LogP contribution >= 0.6 is 0 Å². The number of quaternary nitrogens is 1. The van der Waals surface area contributed by atoms with E-state index in [4.69, 9.17) is 4.74 Å². The predicted molar refractivity (Wildman–Crippen MR) is 143 cm³/mol. The Labute approximate surface area is 206 Å². The number of fused-ring (bicyclic) bond motifs is 3. The monoisotopic (exact) mass is 463 g/mol. The number of hydrogen-bond acceptors (Lipinski definition) is 2. The van der Waals surface area contributed by atoms with Gasteiger partial charge in [0.05, 0.1) is 31.0 Å². The third-order valence-corrected chi connectivity index (χ3v) is 7.17. The maximum Gasteiger partial charge on any atom is 0.121 e. The molecule has 4 heteroatoms. The van der Waals surface area contributed by atoms with Crippen molar-refractivity contribution in [3.05, 3.63) is 97.1 Å². The lowest BCUT2D eigenvalue weighted by Gasteiger charge is -2.26. The fraction of sp³-hybridized carbons (Fsp3) is 0.226. The summed E-state index contributed by atoms with van der Waals surface area (Å²) in [5, 5.41) is 15.0. The van der Waals surface area contributed by atoms with Crippen LogP contribution in [0.3, 0.4) is 0 Å². The number of nitrogens with zero attached hydrogens (tertiary/aromatic N) is 1. The van der Waals surface area contributed by atoms with Crippen molar-refractivity contribution in [2.45, 2.75) is 12.6 Å². The maximum absolute atomic E-state index is 11.4. The van der Waals surface area contributed by atoms with Crippen molar-refractivity contribution in [1.29, 1.82) is 0 Å². The molecule has 2 heterocycles. The molecule has 1 fully saturated rings. The molecule has 0 spiro atoms. The molecule has 0 saturated carbocycles. The molecule has 6 rings (SSSR count). The van der Waals surface area contributed by atoms with Crippen LogP contribution in [0.15, 0.2) is 97.1 Å². The van der Waals surface area contributed by atoms with Gasteiger partial charge in [0.1, 0.15) is 25.7 Å². The summed E-state index contributed by atoms with van der Waals surface area (Å²) in [6.07, 6.45) is -0.455. The Kier molecular flexibility index (Phi) is 6.09. The van der Waals surface area contributed by atoms with Crippen LogP contribution in [0.1, 0.15) is 0 Å². The Morgan fingerprint density at radius 2 is 1.40 bits per heavy atom. The van der Waals surface area contributed by atoms with Gasteiger partial charge >= 0.3 is 0 Å². The molecule has 4 aromatic carbocycles. The average molecular weight is 464 g/mol. The largest absolute Gasteiger partial charge is 0.385 e. The van der Waals surface area contributed by atoms with Gasteiger partial charge in [-0.2, -0.15) is 0 Å². The second-order valence-corrected chi connectivity index (χ2v) is 9.47. The third kappa shape index (κ3) is 4.25. The van der Waals surface area contributed by atoms with E-state index in [1.807, 2.05) is 0 Å². The van der Waals surface area contributed by atoms with E-state index in [1.54, 1.807) is 0 Å². The van der Waals surface area contributed by atoms with Crippen molar-refractivity contribution in [2.75, 3.05) is 32.8 Å². The summed E-state index contributed by atoms with van der Waals surface area (Å²) in [5.41, 5.74) is 5.94. The van der Waals surface area contributed by atoms with E-state index in [-0.39, 0.29) is 0 Å². The van der Waals surface area contributed by atoms with Crippen molar-refractivity contribution in [3.63, 3.8) is 0 Å². The zero-order valence-electron chi connectivity index (χ0n) is 19.9. The Morgan fingerprint density at radius 3 is 2.14 bits per heavy atom. The molecule has 2 N–H and O–H groups in total. The van der Waals surface area contributed by atoms with Crippen LogP contribution in [0.25, 0.3) is 44.1 Å². The van der Waals surface area contributed by atoms with E-state index < -0.39 is 6.10 Å². The average Bonchev–Trinajstić information content (AvgIpc) is 3.24. The van der Waals surface area contributed by atoms with Gasteiger partial charge in [-0.1, -0.05) is 97.1 Å². The summed E-state index contributed by atoms with van der Waals surface area (Å²) >= 11 is 0. The number of aliphatic hydroxyl groups is 1. The van der Waals surface area contributed by atoms with Gasteiger partial charge < -0.3 is 19.3 Å². The van der Waals surface area contributed by atoms with Crippen molar-refractivity contribution in [2.24, 2.45) is 0 Å². The fourth-order valence-corrected chi connectivity index (χ4v) is 5.57. The van der Waals surface area contributed by atoms with E-state index in [1.165, 1.54) is 43.4 Å². The normalized spacial score (nSPS) is 15.6. The van der Waals surface area contributed by atoms with E-state index in [0.29, 0.717) is 6.54 Å². The molecule has 4 nitrogen and oxygen atoms in total. The van der Waals surface area contributed by atoms with Crippen LogP contribution in [0.2, 0.25) is 0 Å². The first kappa shape index (κ1) is 22.1. The summed E-state index contributed by atoms with van der Waals surface area (Å²) < 4.78 is 7.90. The standard InChI is InChI=1S/C31H30N2O2/c34-26(21-32-17-19-35-20-18-32)22-33-30(25-12-5-2-6-13-25)29(24-10-3-1-4-11-24)28-16-15-23-9-7-8-14-27(23)31(28)33/h1-16,26,34H,17-22H2/p+1/t26-/m0/s1. The van der Waals surface area contributed by atoms with Crippen molar-refractivity contribution < 1.29 is 14.7 Å². The maximum atomic E-state index is 11.4. The molecule has 35 heavy (non-hydrogen) atoms. The number of nitrogens with one attached hydrogen (secondary N) is 1. The Bertz CT molecular complexity index is 1440.